The van der Waals surface area contributed by atoms with E-state index in [0.29, 0.717) is 11.4 Å². The number of carbonyl (C=O) groups excluding carboxylic acids is 1. The van der Waals surface area contributed by atoms with E-state index in [1.807, 2.05) is 19.9 Å². The van der Waals surface area contributed by atoms with Crippen LogP contribution in [0.1, 0.15) is 36.8 Å². The molecule has 0 atom stereocenters. The minimum atomic E-state index is -2.61. The van der Waals surface area contributed by atoms with Gasteiger partial charge < -0.3 is 11.1 Å². The molecule has 0 aliphatic heterocycles. The van der Waals surface area contributed by atoms with Crippen LogP contribution >= 0.6 is 0 Å². The third-order valence-electron chi connectivity index (χ3n) is 4.05. The third kappa shape index (κ3) is 3.08. The second-order valence-electron chi connectivity index (χ2n) is 5.59. The van der Waals surface area contributed by atoms with Gasteiger partial charge in [-0.15, -0.1) is 0 Å². The molecule has 0 radical (unpaired) electrons. The molecule has 1 aromatic carbocycles. The van der Waals surface area contributed by atoms with Gasteiger partial charge in [0.15, 0.2) is 0 Å². The van der Waals surface area contributed by atoms with Gasteiger partial charge in [-0.05, 0) is 43.9 Å². The number of aryl methyl sites for hydroxylation is 1. The van der Waals surface area contributed by atoms with E-state index in [4.69, 9.17) is 5.73 Å². The average Bonchev–Trinajstić information content (AvgIpc) is 2.39. The number of halogens is 2. The van der Waals surface area contributed by atoms with Crippen molar-refractivity contribution in [1.82, 2.24) is 0 Å². The molecule has 1 aliphatic carbocycles. The molecule has 0 spiro atoms. The Morgan fingerprint density at radius 3 is 2.50 bits per heavy atom. The third-order valence-corrected chi connectivity index (χ3v) is 4.05. The van der Waals surface area contributed by atoms with Crippen LogP contribution in [0.5, 0.6) is 0 Å². The Balaban J connectivity index is 2.08. The van der Waals surface area contributed by atoms with Crippen molar-refractivity contribution in [3.05, 3.63) is 23.3 Å². The highest BCUT2D eigenvalue weighted by molar-refractivity contribution is 5.94. The van der Waals surface area contributed by atoms with E-state index < -0.39 is 5.92 Å². The SMILES string of the molecule is Cc1ccc(N)c(C)c1NC(=O)C1CCC(F)(F)CC1. The molecule has 0 heterocycles. The Labute approximate surface area is 117 Å². The molecule has 110 valence electrons. The first-order valence-electron chi connectivity index (χ1n) is 6.84. The largest absolute Gasteiger partial charge is 0.398 e. The van der Waals surface area contributed by atoms with E-state index in [0.717, 1.165) is 11.1 Å². The molecular formula is C15H20F2N2O. The van der Waals surface area contributed by atoms with Gasteiger partial charge in [-0.1, -0.05) is 6.07 Å². The molecule has 5 heteroatoms. The van der Waals surface area contributed by atoms with E-state index >= 15 is 0 Å². The number of nitrogens with one attached hydrogen (secondary N) is 1. The van der Waals surface area contributed by atoms with Crippen LogP contribution in [0, 0.1) is 19.8 Å². The minimum Gasteiger partial charge on any atom is -0.398 e. The summed E-state index contributed by atoms with van der Waals surface area (Å²) in [5.74, 6) is -3.13. The molecule has 1 fully saturated rings. The molecule has 1 saturated carbocycles. The maximum atomic E-state index is 13.1. The van der Waals surface area contributed by atoms with Gasteiger partial charge in [0.2, 0.25) is 11.8 Å². The molecule has 0 bridgehead atoms. The predicted octanol–water partition coefficient (Wildman–Crippen LogP) is 3.65. The highest BCUT2D eigenvalue weighted by Crippen LogP contribution is 2.37. The van der Waals surface area contributed by atoms with Crippen molar-refractivity contribution in [3.8, 4) is 0 Å². The van der Waals surface area contributed by atoms with Crippen molar-refractivity contribution in [2.75, 3.05) is 11.1 Å². The van der Waals surface area contributed by atoms with Crippen molar-refractivity contribution in [2.24, 2.45) is 5.92 Å². The molecule has 0 unspecified atom stereocenters. The topological polar surface area (TPSA) is 55.1 Å². The number of anilines is 2. The van der Waals surface area contributed by atoms with Crippen LogP contribution in [0.3, 0.4) is 0 Å². The summed E-state index contributed by atoms with van der Waals surface area (Å²) in [5.41, 5.74) is 8.88. The van der Waals surface area contributed by atoms with Crippen LogP contribution in [0.25, 0.3) is 0 Å². The number of alkyl halides is 2. The van der Waals surface area contributed by atoms with Crippen LogP contribution < -0.4 is 11.1 Å². The zero-order chi connectivity index (χ0) is 14.9. The number of nitrogen functional groups attached to an aromatic ring is 1. The lowest BCUT2D eigenvalue weighted by molar-refractivity contribution is -0.124. The summed E-state index contributed by atoms with van der Waals surface area (Å²) in [7, 11) is 0. The van der Waals surface area contributed by atoms with Crippen molar-refractivity contribution in [3.63, 3.8) is 0 Å². The number of benzene rings is 1. The molecule has 20 heavy (non-hydrogen) atoms. The van der Waals surface area contributed by atoms with Crippen molar-refractivity contribution in [2.45, 2.75) is 45.5 Å². The van der Waals surface area contributed by atoms with Gasteiger partial charge in [-0.3, -0.25) is 4.79 Å². The maximum Gasteiger partial charge on any atom is 0.248 e. The second kappa shape index (κ2) is 5.38. The molecule has 1 amide bonds. The van der Waals surface area contributed by atoms with Crippen LogP contribution in [0.15, 0.2) is 12.1 Å². The maximum absolute atomic E-state index is 13.1. The van der Waals surface area contributed by atoms with Crippen molar-refractivity contribution in [1.29, 1.82) is 0 Å². The summed E-state index contributed by atoms with van der Waals surface area (Å²) >= 11 is 0. The van der Waals surface area contributed by atoms with Gasteiger partial charge in [0.1, 0.15) is 0 Å². The smallest absolute Gasteiger partial charge is 0.248 e. The van der Waals surface area contributed by atoms with Gasteiger partial charge in [-0.2, -0.15) is 0 Å². The monoisotopic (exact) mass is 282 g/mol. The van der Waals surface area contributed by atoms with Crippen LogP contribution in [-0.2, 0) is 4.79 Å². The Kier molecular flexibility index (Phi) is 3.97. The fourth-order valence-electron chi connectivity index (χ4n) is 2.58. The first-order valence-corrected chi connectivity index (χ1v) is 6.84. The highest BCUT2D eigenvalue weighted by atomic mass is 19.3. The number of hydrogen-bond acceptors (Lipinski definition) is 2. The summed E-state index contributed by atoms with van der Waals surface area (Å²) in [4.78, 5) is 12.2. The number of nitrogens with two attached hydrogens (primary N) is 1. The number of hydrogen-bond donors (Lipinski definition) is 2. The fraction of sp³-hybridized carbons (Fsp3) is 0.533. The van der Waals surface area contributed by atoms with E-state index in [2.05, 4.69) is 5.32 Å². The van der Waals surface area contributed by atoms with Crippen LogP contribution in [0.2, 0.25) is 0 Å². The quantitative estimate of drug-likeness (QED) is 0.813. The molecule has 1 aromatic rings. The Morgan fingerprint density at radius 1 is 1.30 bits per heavy atom. The molecule has 3 nitrogen and oxygen atoms in total. The highest BCUT2D eigenvalue weighted by Gasteiger charge is 2.37. The molecule has 3 N–H and O–H groups in total. The van der Waals surface area contributed by atoms with E-state index in [1.165, 1.54) is 0 Å². The summed E-state index contributed by atoms with van der Waals surface area (Å²) in [6, 6.07) is 3.63. The van der Waals surface area contributed by atoms with Crippen LogP contribution in [-0.4, -0.2) is 11.8 Å². The minimum absolute atomic E-state index is 0.183. The Bertz CT molecular complexity index is 519. The predicted molar refractivity (Wildman–Crippen MR) is 75.9 cm³/mol. The van der Waals surface area contributed by atoms with Crippen molar-refractivity contribution < 1.29 is 13.6 Å². The Hall–Kier alpha value is -1.65. The summed E-state index contributed by atoms with van der Waals surface area (Å²) in [6.45, 7) is 3.73. The zero-order valence-corrected chi connectivity index (χ0v) is 11.8. The van der Waals surface area contributed by atoms with E-state index in [1.54, 1.807) is 6.07 Å². The van der Waals surface area contributed by atoms with Crippen LogP contribution in [0.4, 0.5) is 20.2 Å². The zero-order valence-electron chi connectivity index (χ0n) is 11.8. The average molecular weight is 282 g/mol. The number of carbonyl (C=O) groups is 1. The molecular weight excluding hydrogens is 262 g/mol. The normalized spacial score (nSPS) is 18.8. The van der Waals surface area contributed by atoms with E-state index in [-0.39, 0.29) is 37.5 Å². The number of amides is 1. The first-order chi connectivity index (χ1) is 9.30. The molecule has 2 rings (SSSR count). The van der Waals surface area contributed by atoms with Gasteiger partial charge in [0.25, 0.3) is 0 Å². The van der Waals surface area contributed by atoms with Gasteiger partial charge in [-0.25, -0.2) is 8.78 Å². The lowest BCUT2D eigenvalue weighted by Crippen LogP contribution is -2.32. The lowest BCUT2D eigenvalue weighted by Gasteiger charge is -2.27. The first kappa shape index (κ1) is 14.8. The second-order valence-corrected chi connectivity index (χ2v) is 5.59. The molecule has 0 saturated heterocycles. The van der Waals surface area contributed by atoms with Gasteiger partial charge in [0, 0.05) is 30.1 Å². The lowest BCUT2D eigenvalue weighted by atomic mass is 9.86. The van der Waals surface area contributed by atoms with E-state index in [9.17, 15) is 13.6 Å². The van der Waals surface area contributed by atoms with Crippen molar-refractivity contribution >= 4 is 17.3 Å². The summed E-state index contributed by atoms with van der Waals surface area (Å²) in [6.07, 6.45) is 0.0540. The number of rotatable bonds is 2. The fourth-order valence-corrected chi connectivity index (χ4v) is 2.58. The molecule has 0 aromatic heterocycles. The van der Waals surface area contributed by atoms with Gasteiger partial charge in [0.05, 0.1) is 0 Å². The molecule has 1 aliphatic rings. The van der Waals surface area contributed by atoms with Gasteiger partial charge >= 0.3 is 0 Å². The standard InChI is InChI=1S/C15H20F2N2O/c1-9-3-4-12(18)10(2)13(9)19-14(20)11-5-7-15(16,17)8-6-11/h3-4,11H,5-8,18H2,1-2H3,(H,19,20). The summed E-state index contributed by atoms with van der Waals surface area (Å²) < 4.78 is 26.2. The summed E-state index contributed by atoms with van der Waals surface area (Å²) in [5, 5.41) is 2.85. The Morgan fingerprint density at radius 2 is 1.90 bits per heavy atom.